The van der Waals surface area contributed by atoms with Gasteiger partial charge in [0.15, 0.2) is 0 Å². The third-order valence-electron chi connectivity index (χ3n) is 6.56. The van der Waals surface area contributed by atoms with Crippen molar-refractivity contribution in [3.63, 3.8) is 0 Å². The minimum atomic E-state index is 0.704. The first-order chi connectivity index (χ1) is 13.8. The Hall–Kier alpha value is -0.287. The first kappa shape index (κ1) is 24.0. The van der Waals surface area contributed by atoms with Crippen molar-refractivity contribution in [2.75, 3.05) is 0 Å². The van der Waals surface area contributed by atoms with E-state index in [1.54, 1.807) is 22.3 Å². The minimum absolute atomic E-state index is 0.704. The molecule has 0 aliphatic heterocycles. The molecule has 1 heteroatoms. The molecule has 2 unspecified atom stereocenters. The predicted molar refractivity (Wildman–Crippen MR) is 120 cm³/mol. The van der Waals surface area contributed by atoms with E-state index < -0.39 is 0 Å². The van der Waals surface area contributed by atoms with Crippen molar-refractivity contribution in [2.45, 2.75) is 104 Å². The van der Waals surface area contributed by atoms with E-state index in [9.17, 15) is 0 Å². The van der Waals surface area contributed by atoms with Gasteiger partial charge in [-0.25, -0.2) is 12.2 Å². The van der Waals surface area contributed by atoms with Crippen LogP contribution in [0.3, 0.4) is 0 Å². The van der Waals surface area contributed by atoms with Crippen LogP contribution in [-0.4, -0.2) is 4.21 Å². The molecule has 152 valence electrons. The molecule has 0 amide bonds. The first-order valence-electron chi connectivity index (χ1n) is 11.8. The number of hydrogen-bond donors (Lipinski definition) is 0. The molecule has 28 heavy (non-hydrogen) atoms. The van der Waals surface area contributed by atoms with Crippen LogP contribution in [0.15, 0.2) is 34.4 Å². The summed E-state index contributed by atoms with van der Waals surface area (Å²) in [5.41, 5.74) is 6.74. The molecule has 0 saturated heterocycles. The second kappa shape index (κ2) is 13.8. The van der Waals surface area contributed by atoms with Crippen LogP contribution in [0.4, 0.5) is 0 Å². The van der Waals surface area contributed by atoms with Crippen molar-refractivity contribution in [3.05, 3.63) is 46.6 Å². The molecule has 0 saturated carbocycles. The molecule has 0 radical (unpaired) electrons. The Morgan fingerprint density at radius 1 is 0.750 bits per heavy atom. The molecular formula is C27H40Zr. The Kier molecular flexibility index (Phi) is 11.9. The standard InChI is InChI=1S/2C13H19.CH2.Zr/c2*1-2-3-6-11-9-10-12-7-4-5-8-13(11)12;;/h2*10-11H,2-8H2,1H3;1H2;/q2*-1;;+2. The van der Waals surface area contributed by atoms with E-state index >= 15 is 0 Å². The fourth-order valence-corrected chi connectivity index (χ4v) is 4.96. The molecule has 0 fully saturated rings. The van der Waals surface area contributed by atoms with Gasteiger partial charge in [0.05, 0.1) is 0 Å². The molecule has 0 N–H and O–H groups in total. The predicted octanol–water partition coefficient (Wildman–Crippen LogP) is 8.04. The summed E-state index contributed by atoms with van der Waals surface area (Å²) in [5.74, 6) is 1.41. The van der Waals surface area contributed by atoms with Crippen molar-refractivity contribution >= 4 is 4.21 Å². The Morgan fingerprint density at radius 2 is 1.14 bits per heavy atom. The third kappa shape index (κ3) is 6.90. The third-order valence-corrected chi connectivity index (χ3v) is 6.56. The Labute approximate surface area is 190 Å². The molecule has 4 rings (SSSR count). The summed E-state index contributed by atoms with van der Waals surface area (Å²) in [6.07, 6.45) is 30.6. The van der Waals surface area contributed by atoms with Crippen molar-refractivity contribution in [1.29, 1.82) is 0 Å². The van der Waals surface area contributed by atoms with Gasteiger partial charge in [-0.2, -0.15) is 22.3 Å². The zero-order chi connectivity index (χ0) is 20.2. The van der Waals surface area contributed by atoms with Crippen molar-refractivity contribution < 1.29 is 24.2 Å². The molecule has 0 aromatic rings. The van der Waals surface area contributed by atoms with E-state index in [2.05, 4.69) is 42.4 Å². The molecule has 0 heterocycles. The van der Waals surface area contributed by atoms with E-state index in [0.29, 0.717) is 11.8 Å². The SMILES string of the molecule is CCCCC1[C-]=CC2=C1CCCC2.CCCCC1[C-]=CC2=C1CCCC2.[CH2]=[Zr+2]. The summed E-state index contributed by atoms with van der Waals surface area (Å²) >= 11 is 1.30. The van der Waals surface area contributed by atoms with E-state index in [1.807, 2.05) is 0 Å². The summed E-state index contributed by atoms with van der Waals surface area (Å²) in [6.45, 7) is 4.55. The molecule has 0 spiro atoms. The molecule has 4 aliphatic carbocycles. The Morgan fingerprint density at radius 3 is 1.54 bits per heavy atom. The van der Waals surface area contributed by atoms with Gasteiger partial charge >= 0.3 is 28.4 Å². The van der Waals surface area contributed by atoms with Crippen molar-refractivity contribution in [2.24, 2.45) is 11.8 Å². The number of hydrogen-bond acceptors (Lipinski definition) is 0. The zero-order valence-electron chi connectivity index (χ0n) is 18.4. The average molecular weight is 456 g/mol. The van der Waals surface area contributed by atoms with Gasteiger partial charge in [0.1, 0.15) is 0 Å². The maximum absolute atomic E-state index is 3.53. The van der Waals surface area contributed by atoms with Crippen LogP contribution < -0.4 is 0 Å². The molecule has 0 bridgehead atoms. The van der Waals surface area contributed by atoms with Crippen molar-refractivity contribution in [1.82, 2.24) is 0 Å². The van der Waals surface area contributed by atoms with E-state index in [-0.39, 0.29) is 0 Å². The van der Waals surface area contributed by atoms with Gasteiger partial charge in [-0.15, -0.1) is 0 Å². The van der Waals surface area contributed by atoms with Gasteiger partial charge in [0.25, 0.3) is 0 Å². The Bertz CT molecular complexity index is 537. The van der Waals surface area contributed by atoms with Gasteiger partial charge in [0, 0.05) is 0 Å². The molecular weight excluding hydrogens is 416 g/mol. The van der Waals surface area contributed by atoms with Crippen molar-refractivity contribution in [3.8, 4) is 0 Å². The molecule has 0 aromatic carbocycles. The van der Waals surface area contributed by atoms with E-state index in [4.69, 9.17) is 0 Å². The van der Waals surface area contributed by atoms with Gasteiger partial charge in [-0.3, -0.25) is 12.2 Å². The fraction of sp³-hybridized carbons (Fsp3) is 0.667. The monoisotopic (exact) mass is 454 g/mol. The second-order valence-electron chi connectivity index (χ2n) is 8.53. The van der Waals surface area contributed by atoms with E-state index in [1.165, 1.54) is 114 Å². The first-order valence-corrected chi connectivity index (χ1v) is 13.5. The topological polar surface area (TPSA) is 0 Å². The zero-order valence-corrected chi connectivity index (χ0v) is 20.9. The summed E-state index contributed by atoms with van der Waals surface area (Å²) in [5, 5.41) is 0. The number of allylic oxidation sites excluding steroid dienone is 8. The van der Waals surface area contributed by atoms with Crippen LogP contribution in [-0.2, 0) is 24.2 Å². The summed E-state index contributed by atoms with van der Waals surface area (Å²) in [6, 6.07) is 0. The van der Waals surface area contributed by atoms with Gasteiger partial charge < -0.3 is 0 Å². The average Bonchev–Trinajstić information content (AvgIpc) is 3.37. The maximum atomic E-state index is 3.53. The van der Waals surface area contributed by atoms with Gasteiger partial charge in [0.2, 0.25) is 0 Å². The molecule has 0 aromatic heterocycles. The molecule has 0 nitrogen and oxygen atoms in total. The van der Waals surface area contributed by atoms with Gasteiger partial charge in [-0.05, 0) is 12.8 Å². The van der Waals surface area contributed by atoms with Gasteiger partial charge in [-0.1, -0.05) is 103 Å². The summed E-state index contributed by atoms with van der Waals surface area (Å²) in [7, 11) is 0. The number of rotatable bonds is 6. The van der Waals surface area contributed by atoms with Crippen LogP contribution in [0.5, 0.6) is 0 Å². The van der Waals surface area contributed by atoms with Crippen LogP contribution in [0, 0.1) is 24.0 Å². The molecule has 4 aliphatic rings. The fourth-order valence-electron chi connectivity index (χ4n) is 4.96. The van der Waals surface area contributed by atoms with E-state index in [0.717, 1.165) is 0 Å². The van der Waals surface area contributed by atoms with Crippen LogP contribution in [0.1, 0.15) is 104 Å². The molecule has 2 atom stereocenters. The normalized spacial score (nSPS) is 25.0. The Balaban J connectivity index is 0.000000184. The van der Waals surface area contributed by atoms with Crippen LogP contribution in [0.25, 0.3) is 0 Å². The number of unbranched alkanes of at least 4 members (excludes halogenated alkanes) is 2. The van der Waals surface area contributed by atoms with Crippen LogP contribution >= 0.6 is 0 Å². The summed E-state index contributed by atoms with van der Waals surface area (Å²) < 4.78 is 3.34. The van der Waals surface area contributed by atoms with Crippen LogP contribution in [0.2, 0.25) is 0 Å². The second-order valence-corrected chi connectivity index (χ2v) is 8.53. The quantitative estimate of drug-likeness (QED) is 0.355. The summed E-state index contributed by atoms with van der Waals surface area (Å²) in [4.78, 5) is 0.